The third-order valence-corrected chi connectivity index (χ3v) is 6.83. The highest BCUT2D eigenvalue weighted by Crippen LogP contribution is 2.15. The minimum atomic E-state index is 0.240. The van der Waals surface area contributed by atoms with Gasteiger partial charge in [-0.3, -0.25) is 19.4 Å². The summed E-state index contributed by atoms with van der Waals surface area (Å²) in [5.74, 6) is 0.479. The summed E-state index contributed by atoms with van der Waals surface area (Å²) in [5, 5.41) is 0. The maximum Gasteiger partial charge on any atom is 0.151 e. The first-order chi connectivity index (χ1) is 16.7. The zero-order valence-corrected chi connectivity index (χ0v) is 22.7. The first kappa shape index (κ1) is 28.9. The molecule has 35 heavy (non-hydrogen) atoms. The summed E-state index contributed by atoms with van der Waals surface area (Å²) in [6.07, 6.45) is 0.967. The summed E-state index contributed by atoms with van der Waals surface area (Å²) >= 11 is 0. The minimum absolute atomic E-state index is 0.240. The number of aryl methyl sites for hydroxylation is 4. The highest BCUT2D eigenvalue weighted by molar-refractivity contribution is 5.84. The normalized spacial score (nSPS) is 11.4. The van der Waals surface area contributed by atoms with Crippen molar-refractivity contribution in [2.75, 3.05) is 52.5 Å². The number of benzene rings is 2. The molecule has 0 aromatic heterocycles. The summed E-state index contributed by atoms with van der Waals surface area (Å²) in [6.45, 7) is 17.6. The van der Waals surface area contributed by atoms with Crippen molar-refractivity contribution in [3.8, 4) is 0 Å². The molecule has 2 aromatic rings. The molecule has 0 heterocycles. The molecule has 5 nitrogen and oxygen atoms in total. The SMILES string of the molecule is CCN(CCOCCN(CC)CC(=O)Cc1c(C)cccc1C)CC(=O)Cc1c(C)cccc1C. The Hall–Kier alpha value is -2.34. The molecular weight excluding hydrogens is 436 g/mol. The standard InChI is InChI=1S/C30H44N2O3/c1-7-31(21-27(33)19-29-23(3)11-9-12-24(29)4)15-17-35-18-16-32(8-2)22-28(34)20-30-25(5)13-10-14-26(30)6/h9-14H,7-8,15-22H2,1-6H3. The smallest absolute Gasteiger partial charge is 0.151 e. The van der Waals surface area contributed by atoms with E-state index in [0.29, 0.717) is 39.1 Å². The van der Waals surface area contributed by atoms with Crippen molar-refractivity contribution in [3.63, 3.8) is 0 Å². The van der Waals surface area contributed by atoms with Crippen LogP contribution in [-0.4, -0.2) is 73.8 Å². The number of Topliss-reactive ketones (excluding diaryl/α,β-unsaturated/α-hetero) is 2. The molecule has 2 rings (SSSR count). The van der Waals surface area contributed by atoms with E-state index in [1.165, 1.54) is 22.3 Å². The first-order valence-corrected chi connectivity index (χ1v) is 12.9. The van der Waals surface area contributed by atoms with Crippen LogP contribution in [0.25, 0.3) is 0 Å². The molecule has 0 amide bonds. The van der Waals surface area contributed by atoms with Crippen LogP contribution in [0.5, 0.6) is 0 Å². The van der Waals surface area contributed by atoms with E-state index in [0.717, 1.165) is 37.3 Å². The summed E-state index contributed by atoms with van der Waals surface area (Å²) in [6, 6.07) is 12.3. The van der Waals surface area contributed by atoms with Gasteiger partial charge in [0.25, 0.3) is 0 Å². The Kier molecular flexibility index (Phi) is 12.3. The maximum atomic E-state index is 12.7. The van der Waals surface area contributed by atoms with Gasteiger partial charge in [0, 0.05) is 25.9 Å². The van der Waals surface area contributed by atoms with Crippen LogP contribution in [0.15, 0.2) is 36.4 Å². The van der Waals surface area contributed by atoms with Crippen molar-refractivity contribution in [1.82, 2.24) is 9.80 Å². The predicted molar refractivity (Wildman–Crippen MR) is 144 cm³/mol. The number of ketones is 2. The summed E-state index contributed by atoms with van der Waals surface area (Å²) in [5.41, 5.74) is 7.01. The van der Waals surface area contributed by atoms with Gasteiger partial charge in [-0.1, -0.05) is 50.2 Å². The van der Waals surface area contributed by atoms with Crippen LogP contribution < -0.4 is 0 Å². The number of carbonyl (C=O) groups is 2. The molecule has 2 aromatic carbocycles. The van der Waals surface area contributed by atoms with Gasteiger partial charge >= 0.3 is 0 Å². The molecule has 0 saturated carbocycles. The van der Waals surface area contributed by atoms with Gasteiger partial charge in [0.05, 0.1) is 26.3 Å². The van der Waals surface area contributed by atoms with Gasteiger partial charge in [-0.15, -0.1) is 0 Å². The number of ether oxygens (including phenoxy) is 1. The topological polar surface area (TPSA) is 49.9 Å². The minimum Gasteiger partial charge on any atom is -0.379 e. The van der Waals surface area contributed by atoms with Crippen LogP contribution in [-0.2, 0) is 27.2 Å². The van der Waals surface area contributed by atoms with Crippen molar-refractivity contribution in [1.29, 1.82) is 0 Å². The number of rotatable bonds is 16. The first-order valence-electron chi connectivity index (χ1n) is 12.9. The van der Waals surface area contributed by atoms with Crippen molar-refractivity contribution in [2.45, 2.75) is 54.4 Å². The van der Waals surface area contributed by atoms with E-state index >= 15 is 0 Å². The zero-order chi connectivity index (χ0) is 25.8. The second-order valence-electron chi connectivity index (χ2n) is 9.52. The summed E-state index contributed by atoms with van der Waals surface area (Å²) in [7, 11) is 0. The van der Waals surface area contributed by atoms with E-state index in [4.69, 9.17) is 4.74 Å². The van der Waals surface area contributed by atoms with Gasteiger partial charge in [-0.2, -0.15) is 0 Å². The fraction of sp³-hybridized carbons (Fsp3) is 0.533. The van der Waals surface area contributed by atoms with Gasteiger partial charge < -0.3 is 4.74 Å². The van der Waals surface area contributed by atoms with E-state index in [2.05, 4.69) is 75.6 Å². The Bertz CT molecular complexity index is 852. The maximum absolute atomic E-state index is 12.7. The quantitative estimate of drug-likeness (QED) is 0.331. The highest BCUT2D eigenvalue weighted by atomic mass is 16.5. The van der Waals surface area contributed by atoms with Crippen LogP contribution in [0, 0.1) is 27.7 Å². The van der Waals surface area contributed by atoms with Crippen LogP contribution in [0.4, 0.5) is 0 Å². The fourth-order valence-electron chi connectivity index (χ4n) is 4.45. The lowest BCUT2D eigenvalue weighted by Crippen LogP contribution is -2.35. The molecule has 0 atom stereocenters. The Morgan fingerprint density at radius 2 is 1.00 bits per heavy atom. The average molecular weight is 481 g/mol. The van der Waals surface area contributed by atoms with Crippen molar-refractivity contribution in [2.24, 2.45) is 0 Å². The van der Waals surface area contributed by atoms with E-state index in [-0.39, 0.29) is 11.6 Å². The molecule has 0 N–H and O–H groups in total. The van der Waals surface area contributed by atoms with Crippen LogP contribution >= 0.6 is 0 Å². The van der Waals surface area contributed by atoms with E-state index in [9.17, 15) is 9.59 Å². The van der Waals surface area contributed by atoms with Crippen molar-refractivity contribution in [3.05, 3.63) is 69.8 Å². The third-order valence-electron chi connectivity index (χ3n) is 6.83. The van der Waals surface area contributed by atoms with Crippen LogP contribution in [0.3, 0.4) is 0 Å². The molecule has 0 aliphatic heterocycles. The average Bonchev–Trinajstić information content (AvgIpc) is 2.82. The van der Waals surface area contributed by atoms with Crippen molar-refractivity contribution >= 4 is 11.6 Å². The molecule has 0 aliphatic rings. The van der Waals surface area contributed by atoms with E-state index < -0.39 is 0 Å². The molecule has 0 unspecified atom stereocenters. The summed E-state index contributed by atoms with van der Waals surface area (Å²) in [4.78, 5) is 29.6. The number of nitrogens with zero attached hydrogens (tertiary/aromatic N) is 2. The lowest BCUT2D eigenvalue weighted by Gasteiger charge is -2.22. The van der Waals surface area contributed by atoms with E-state index in [1.54, 1.807) is 0 Å². The number of carbonyl (C=O) groups excluding carboxylic acids is 2. The Morgan fingerprint density at radius 3 is 1.31 bits per heavy atom. The second-order valence-corrected chi connectivity index (χ2v) is 9.52. The molecule has 0 aliphatic carbocycles. The van der Waals surface area contributed by atoms with Gasteiger partial charge in [-0.25, -0.2) is 0 Å². The predicted octanol–water partition coefficient (Wildman–Crippen LogP) is 4.50. The van der Waals surface area contributed by atoms with Crippen LogP contribution in [0.1, 0.15) is 47.2 Å². The largest absolute Gasteiger partial charge is 0.379 e. The molecule has 0 bridgehead atoms. The van der Waals surface area contributed by atoms with Gasteiger partial charge in [0.1, 0.15) is 0 Å². The Labute approximate surface area is 212 Å². The number of hydrogen-bond acceptors (Lipinski definition) is 5. The highest BCUT2D eigenvalue weighted by Gasteiger charge is 2.14. The van der Waals surface area contributed by atoms with E-state index in [1.807, 2.05) is 12.1 Å². The van der Waals surface area contributed by atoms with Crippen LogP contribution in [0.2, 0.25) is 0 Å². The molecule has 0 spiro atoms. The number of hydrogen-bond donors (Lipinski definition) is 0. The van der Waals surface area contributed by atoms with Crippen molar-refractivity contribution < 1.29 is 14.3 Å². The van der Waals surface area contributed by atoms with Gasteiger partial charge in [0.15, 0.2) is 11.6 Å². The lowest BCUT2D eigenvalue weighted by atomic mass is 9.98. The molecule has 192 valence electrons. The third kappa shape index (κ3) is 9.67. The molecule has 0 radical (unpaired) electrons. The molecule has 5 heteroatoms. The Balaban J connectivity index is 1.70. The number of likely N-dealkylation sites (N-methyl/N-ethyl adjacent to an activating group) is 2. The van der Waals surface area contributed by atoms with Gasteiger partial charge in [0.2, 0.25) is 0 Å². The van der Waals surface area contributed by atoms with Gasteiger partial charge in [-0.05, 0) is 74.2 Å². The zero-order valence-electron chi connectivity index (χ0n) is 22.7. The lowest BCUT2D eigenvalue weighted by molar-refractivity contribution is -0.120. The monoisotopic (exact) mass is 480 g/mol. The molecular formula is C30H44N2O3. The molecule has 0 saturated heterocycles. The Morgan fingerprint density at radius 1 is 0.657 bits per heavy atom. The fourth-order valence-corrected chi connectivity index (χ4v) is 4.45. The second kappa shape index (κ2) is 14.9. The summed E-state index contributed by atoms with van der Waals surface area (Å²) < 4.78 is 5.87. The molecule has 0 fully saturated rings.